The van der Waals surface area contributed by atoms with Crippen molar-refractivity contribution in [2.45, 2.75) is 12.7 Å². The number of hydrogen-bond acceptors (Lipinski definition) is 3. The van der Waals surface area contributed by atoms with Crippen LogP contribution in [0.3, 0.4) is 0 Å². The van der Waals surface area contributed by atoms with Gasteiger partial charge in [-0.3, -0.25) is 4.74 Å². The summed E-state index contributed by atoms with van der Waals surface area (Å²) in [6, 6.07) is 0. The standard InChI is InChI=1S/C5H5F3N2O/c1-10-3-2-9-4(10)11-5(6,7)8/h2,4H,1H3. The van der Waals surface area contributed by atoms with Crippen LogP contribution in [0.4, 0.5) is 13.2 Å². The zero-order valence-electron chi connectivity index (χ0n) is 5.59. The Morgan fingerprint density at radius 1 is 1.64 bits per heavy atom. The highest BCUT2D eigenvalue weighted by Crippen LogP contribution is 2.22. The third-order valence-corrected chi connectivity index (χ3v) is 1.03. The minimum absolute atomic E-state index is 1.09. The van der Waals surface area contributed by atoms with Crippen molar-refractivity contribution in [3.05, 3.63) is 6.54 Å². The van der Waals surface area contributed by atoms with Gasteiger partial charge in [0.25, 0.3) is 0 Å². The Morgan fingerprint density at radius 3 is 2.64 bits per heavy atom. The average molecular weight is 166 g/mol. The van der Waals surface area contributed by atoms with E-state index in [1.54, 1.807) is 0 Å². The number of hydrogen-bond donors (Lipinski definition) is 0. The van der Waals surface area contributed by atoms with Gasteiger partial charge in [0, 0.05) is 6.21 Å². The molecule has 0 spiro atoms. The lowest BCUT2D eigenvalue weighted by Crippen LogP contribution is -2.31. The summed E-state index contributed by atoms with van der Waals surface area (Å²) in [4.78, 5) is 4.44. The maximum Gasteiger partial charge on any atom is 0.525 e. The fourth-order valence-corrected chi connectivity index (χ4v) is 0.581. The molecule has 1 aliphatic rings. The lowest BCUT2D eigenvalue weighted by Gasteiger charge is -2.18. The fourth-order valence-electron chi connectivity index (χ4n) is 0.581. The van der Waals surface area contributed by atoms with Crippen LogP contribution in [0.15, 0.2) is 4.99 Å². The summed E-state index contributed by atoms with van der Waals surface area (Å²) in [7, 11) is 1.39. The monoisotopic (exact) mass is 166 g/mol. The molecule has 0 N–H and O–H groups in total. The first-order valence-electron chi connectivity index (χ1n) is 2.74. The van der Waals surface area contributed by atoms with Gasteiger partial charge in [0.1, 0.15) is 6.54 Å². The molecule has 1 unspecified atom stereocenters. The molecule has 1 heterocycles. The topological polar surface area (TPSA) is 24.8 Å². The van der Waals surface area contributed by atoms with Crippen LogP contribution in [0, 0.1) is 6.54 Å². The first kappa shape index (κ1) is 8.48. The summed E-state index contributed by atoms with van der Waals surface area (Å²) in [5.74, 6) is 0. The van der Waals surface area contributed by atoms with E-state index in [1.165, 1.54) is 7.05 Å². The van der Waals surface area contributed by atoms with E-state index >= 15 is 0 Å². The predicted octanol–water partition coefficient (Wildman–Crippen LogP) is 0.861. The molecule has 2 radical (unpaired) electrons. The third-order valence-electron chi connectivity index (χ3n) is 1.03. The number of rotatable bonds is 1. The Bertz CT molecular complexity index is 168. The average Bonchev–Trinajstić information content (AvgIpc) is 2.12. The highest BCUT2D eigenvalue weighted by molar-refractivity contribution is 5.68. The van der Waals surface area contributed by atoms with Crippen LogP contribution >= 0.6 is 0 Å². The Hall–Kier alpha value is -0.620. The van der Waals surface area contributed by atoms with Crippen LogP contribution in [0.1, 0.15) is 0 Å². The Morgan fingerprint density at radius 2 is 2.27 bits per heavy atom. The molecule has 3 nitrogen and oxygen atoms in total. The maximum absolute atomic E-state index is 11.5. The second-order valence-corrected chi connectivity index (χ2v) is 1.91. The predicted molar refractivity (Wildman–Crippen MR) is 30.4 cm³/mol. The zero-order chi connectivity index (χ0) is 8.48. The molecule has 0 aromatic carbocycles. The summed E-state index contributed by atoms with van der Waals surface area (Å²) in [6.07, 6.45) is -4.83. The Labute approximate surface area is 61.5 Å². The number of alkyl halides is 3. The fraction of sp³-hybridized carbons (Fsp3) is 0.600. The van der Waals surface area contributed by atoms with Gasteiger partial charge in [0.15, 0.2) is 0 Å². The van der Waals surface area contributed by atoms with Gasteiger partial charge < -0.3 is 0 Å². The number of nitrogens with zero attached hydrogens (tertiary/aromatic N) is 2. The molecular formula is C5H5F3N2O. The molecule has 0 fully saturated rings. The van der Waals surface area contributed by atoms with Crippen LogP contribution in [-0.2, 0) is 4.74 Å². The lowest BCUT2D eigenvalue weighted by molar-refractivity contribution is -0.354. The van der Waals surface area contributed by atoms with Gasteiger partial charge in [0.05, 0.1) is 0 Å². The van der Waals surface area contributed by atoms with Crippen molar-refractivity contribution in [2.24, 2.45) is 4.99 Å². The van der Waals surface area contributed by atoms with E-state index in [9.17, 15) is 13.2 Å². The number of halogens is 3. The first-order chi connectivity index (χ1) is 4.99. The third kappa shape index (κ3) is 2.47. The molecule has 1 aliphatic heterocycles. The molecule has 0 aromatic heterocycles. The minimum Gasteiger partial charge on any atom is -0.252 e. The second-order valence-electron chi connectivity index (χ2n) is 1.91. The summed E-state index contributed by atoms with van der Waals surface area (Å²) in [5.41, 5.74) is 0. The van der Waals surface area contributed by atoms with E-state index in [1.807, 2.05) is 0 Å². The van der Waals surface area contributed by atoms with Gasteiger partial charge in [-0.15, -0.1) is 13.2 Å². The smallest absolute Gasteiger partial charge is 0.252 e. The van der Waals surface area contributed by atoms with Crippen molar-refractivity contribution in [1.82, 2.24) is 4.90 Å². The van der Waals surface area contributed by atoms with Crippen LogP contribution < -0.4 is 0 Å². The van der Waals surface area contributed by atoms with Gasteiger partial charge in [-0.05, 0) is 7.05 Å². The van der Waals surface area contributed by atoms with Gasteiger partial charge in [-0.25, -0.2) is 9.89 Å². The molecule has 0 bridgehead atoms. The SMILES string of the molecule is CN1[C]C=NC1OC(F)(F)F. The Balaban J connectivity index is 2.43. The van der Waals surface area contributed by atoms with Crippen molar-refractivity contribution in [2.75, 3.05) is 7.05 Å². The van der Waals surface area contributed by atoms with Crippen molar-refractivity contribution in [1.29, 1.82) is 0 Å². The normalized spacial score (nSPS) is 26.4. The molecule has 62 valence electrons. The van der Waals surface area contributed by atoms with Crippen LogP contribution in [0.2, 0.25) is 0 Å². The maximum atomic E-state index is 11.5. The largest absolute Gasteiger partial charge is 0.525 e. The van der Waals surface area contributed by atoms with E-state index in [4.69, 9.17) is 0 Å². The van der Waals surface area contributed by atoms with Gasteiger partial charge in [-0.2, -0.15) is 0 Å². The molecule has 6 heteroatoms. The first-order valence-corrected chi connectivity index (χ1v) is 2.74. The quantitative estimate of drug-likeness (QED) is 0.577. The van der Waals surface area contributed by atoms with Crippen molar-refractivity contribution < 1.29 is 17.9 Å². The summed E-state index contributed by atoms with van der Waals surface area (Å²) in [5, 5.41) is 0. The molecular weight excluding hydrogens is 161 g/mol. The van der Waals surface area contributed by atoms with Crippen LogP contribution in [0.5, 0.6) is 0 Å². The van der Waals surface area contributed by atoms with E-state index in [0.717, 1.165) is 11.1 Å². The highest BCUT2D eigenvalue weighted by Gasteiger charge is 2.36. The Kier molecular flexibility index (Phi) is 2.15. The summed E-state index contributed by atoms with van der Waals surface area (Å²) in [6.45, 7) is 2.41. The molecule has 11 heavy (non-hydrogen) atoms. The molecule has 0 aromatic rings. The second kappa shape index (κ2) is 2.78. The van der Waals surface area contributed by atoms with Crippen LogP contribution in [-0.4, -0.2) is 30.9 Å². The summed E-state index contributed by atoms with van der Waals surface area (Å²) >= 11 is 0. The molecule has 1 rings (SSSR count). The van der Waals surface area contributed by atoms with E-state index in [-0.39, 0.29) is 0 Å². The van der Waals surface area contributed by atoms with Gasteiger partial charge in [0.2, 0.25) is 6.35 Å². The highest BCUT2D eigenvalue weighted by atomic mass is 19.4. The number of aliphatic imine (C=N–C) groups is 1. The number of ether oxygens (including phenoxy) is 1. The molecule has 0 amide bonds. The zero-order valence-corrected chi connectivity index (χ0v) is 5.59. The summed E-state index contributed by atoms with van der Waals surface area (Å²) < 4.78 is 38.2. The van der Waals surface area contributed by atoms with E-state index in [0.29, 0.717) is 0 Å². The minimum atomic E-state index is -4.65. The molecule has 1 atom stereocenters. The van der Waals surface area contributed by atoms with E-state index < -0.39 is 12.7 Å². The lowest BCUT2D eigenvalue weighted by atomic mass is 10.7. The van der Waals surface area contributed by atoms with Gasteiger partial charge in [-0.1, -0.05) is 0 Å². The van der Waals surface area contributed by atoms with Crippen LogP contribution in [0.25, 0.3) is 0 Å². The molecule has 0 aliphatic carbocycles. The van der Waals surface area contributed by atoms with Crippen molar-refractivity contribution in [3.8, 4) is 0 Å². The van der Waals surface area contributed by atoms with Crippen molar-refractivity contribution >= 4 is 6.21 Å². The molecule has 0 saturated heterocycles. The van der Waals surface area contributed by atoms with E-state index in [2.05, 4.69) is 16.3 Å². The van der Waals surface area contributed by atoms with Gasteiger partial charge >= 0.3 is 6.36 Å². The molecule has 0 saturated carbocycles. The van der Waals surface area contributed by atoms with Crippen molar-refractivity contribution in [3.63, 3.8) is 0 Å².